The van der Waals surface area contributed by atoms with Gasteiger partial charge in [-0.25, -0.2) is 0 Å². The van der Waals surface area contributed by atoms with Crippen LogP contribution in [0.25, 0.3) is 0 Å². The summed E-state index contributed by atoms with van der Waals surface area (Å²) in [5, 5.41) is 0.291. The van der Waals surface area contributed by atoms with Crippen LogP contribution >= 0.6 is 0 Å². The fraction of sp³-hybridized carbons (Fsp3) is 0.667. The van der Waals surface area contributed by atoms with E-state index in [-0.39, 0.29) is 0 Å². The predicted octanol–water partition coefficient (Wildman–Crippen LogP) is 4.99. The molecule has 1 fully saturated rings. The molecule has 0 saturated carbocycles. The molecule has 1 heterocycles. The third kappa shape index (κ3) is 3.89. The smallest absolute Gasteiger partial charge is 0.192 e. The first kappa shape index (κ1) is 16.6. The van der Waals surface area contributed by atoms with E-state index in [4.69, 9.17) is 4.43 Å². The molecule has 0 aliphatic carbocycles. The number of nitrogens with zero attached hydrogens (tertiary/aromatic N) is 1. The molecule has 1 aliphatic heterocycles. The fourth-order valence-corrected chi connectivity index (χ4v) is 3.72. The van der Waals surface area contributed by atoms with Gasteiger partial charge >= 0.3 is 0 Å². The monoisotopic (exact) mass is 305 g/mol. The molecule has 1 saturated heterocycles. The maximum atomic E-state index is 6.46. The zero-order valence-electron chi connectivity index (χ0n) is 14.6. The van der Waals surface area contributed by atoms with Crippen LogP contribution in [0.5, 0.6) is 0 Å². The lowest BCUT2D eigenvalue weighted by atomic mass is 10.2. The molecule has 3 heteroatoms. The van der Waals surface area contributed by atoms with Crippen LogP contribution in [0.15, 0.2) is 24.3 Å². The van der Waals surface area contributed by atoms with Crippen molar-refractivity contribution in [1.29, 1.82) is 0 Å². The van der Waals surface area contributed by atoms with E-state index in [9.17, 15) is 0 Å². The van der Waals surface area contributed by atoms with Crippen LogP contribution in [0.4, 0.5) is 5.69 Å². The highest BCUT2D eigenvalue weighted by Gasteiger charge is 2.38. The summed E-state index contributed by atoms with van der Waals surface area (Å²) in [6.45, 7) is 15.8. The summed E-state index contributed by atoms with van der Waals surface area (Å²) in [6, 6.07) is 9.40. The van der Waals surface area contributed by atoms with Crippen molar-refractivity contribution in [1.82, 2.24) is 0 Å². The molecule has 0 aromatic heterocycles. The first-order chi connectivity index (χ1) is 9.71. The third-order valence-corrected chi connectivity index (χ3v) is 9.65. The Balaban J connectivity index is 2.03. The summed E-state index contributed by atoms with van der Waals surface area (Å²) in [7, 11) is -1.64. The molecule has 0 N–H and O–H groups in total. The van der Waals surface area contributed by atoms with Crippen molar-refractivity contribution in [3.63, 3.8) is 0 Å². The topological polar surface area (TPSA) is 12.5 Å². The molecule has 0 radical (unpaired) electrons. The predicted molar refractivity (Wildman–Crippen MR) is 94.7 cm³/mol. The Morgan fingerprint density at radius 2 is 2.00 bits per heavy atom. The van der Waals surface area contributed by atoms with Crippen LogP contribution in [0.3, 0.4) is 0 Å². The molecule has 0 amide bonds. The highest BCUT2D eigenvalue weighted by Crippen LogP contribution is 2.37. The van der Waals surface area contributed by atoms with Crippen LogP contribution < -0.4 is 4.90 Å². The normalized spacial score (nSPS) is 20.1. The molecule has 2 rings (SSSR count). The SMILES string of the molecule is Cc1cccc(N2CCC[C@H]2CO[Si](C)(C)C(C)(C)C)c1. The van der Waals surface area contributed by atoms with Gasteiger partial charge in [0, 0.05) is 12.2 Å². The van der Waals surface area contributed by atoms with Crippen LogP contribution in [-0.4, -0.2) is 27.5 Å². The number of aryl methyl sites for hydroxylation is 1. The van der Waals surface area contributed by atoms with Crippen molar-refractivity contribution in [2.45, 2.75) is 64.7 Å². The summed E-state index contributed by atoms with van der Waals surface area (Å²) < 4.78 is 6.46. The first-order valence-corrected chi connectivity index (χ1v) is 11.1. The van der Waals surface area contributed by atoms with Crippen LogP contribution in [0.1, 0.15) is 39.2 Å². The Kier molecular flexibility index (Phi) is 4.84. The van der Waals surface area contributed by atoms with E-state index < -0.39 is 8.32 Å². The van der Waals surface area contributed by atoms with E-state index >= 15 is 0 Å². The Bertz CT molecular complexity index is 478. The van der Waals surface area contributed by atoms with Crippen LogP contribution in [-0.2, 0) is 4.43 Å². The second-order valence-corrected chi connectivity index (χ2v) is 12.7. The summed E-state index contributed by atoms with van der Waals surface area (Å²) in [6.07, 6.45) is 2.53. The lowest BCUT2D eigenvalue weighted by molar-refractivity contribution is 0.263. The first-order valence-electron chi connectivity index (χ1n) is 8.18. The second kappa shape index (κ2) is 6.13. The summed E-state index contributed by atoms with van der Waals surface area (Å²) in [5.74, 6) is 0. The van der Waals surface area contributed by atoms with E-state index in [1.807, 2.05) is 0 Å². The molecular weight excluding hydrogens is 274 g/mol. The molecule has 1 aromatic rings. The number of benzene rings is 1. The Morgan fingerprint density at radius 3 is 2.62 bits per heavy atom. The molecule has 21 heavy (non-hydrogen) atoms. The van der Waals surface area contributed by atoms with Gasteiger partial charge < -0.3 is 9.33 Å². The van der Waals surface area contributed by atoms with Crippen molar-refractivity contribution in [3.8, 4) is 0 Å². The average molecular weight is 306 g/mol. The van der Waals surface area contributed by atoms with Crippen LogP contribution in [0, 0.1) is 6.92 Å². The van der Waals surface area contributed by atoms with Crippen molar-refractivity contribution in [2.24, 2.45) is 0 Å². The summed E-state index contributed by atoms with van der Waals surface area (Å²) in [5.41, 5.74) is 2.69. The Morgan fingerprint density at radius 1 is 1.29 bits per heavy atom. The molecule has 0 unspecified atom stereocenters. The summed E-state index contributed by atoms with van der Waals surface area (Å²) >= 11 is 0. The lowest BCUT2D eigenvalue weighted by Gasteiger charge is -2.38. The van der Waals surface area contributed by atoms with Crippen molar-refractivity contribution in [3.05, 3.63) is 29.8 Å². The van der Waals surface area contributed by atoms with Gasteiger partial charge in [-0.2, -0.15) is 0 Å². The van der Waals surface area contributed by atoms with Crippen molar-refractivity contribution in [2.75, 3.05) is 18.1 Å². The molecule has 0 spiro atoms. The minimum absolute atomic E-state index is 0.291. The second-order valence-electron chi connectivity index (χ2n) is 7.90. The molecular formula is C18H31NOSi. The quantitative estimate of drug-likeness (QED) is 0.727. The fourth-order valence-electron chi connectivity index (χ4n) is 2.68. The minimum Gasteiger partial charge on any atom is -0.415 e. The molecule has 0 bridgehead atoms. The maximum absolute atomic E-state index is 6.46. The zero-order valence-corrected chi connectivity index (χ0v) is 15.6. The van der Waals surface area contributed by atoms with Gasteiger partial charge in [-0.05, 0) is 55.6 Å². The lowest BCUT2D eigenvalue weighted by Crippen LogP contribution is -2.44. The minimum atomic E-state index is -1.64. The number of hydrogen-bond donors (Lipinski definition) is 0. The number of hydrogen-bond acceptors (Lipinski definition) is 2. The number of anilines is 1. The van der Waals surface area contributed by atoms with E-state index in [0.717, 1.165) is 13.2 Å². The maximum Gasteiger partial charge on any atom is 0.192 e. The van der Waals surface area contributed by atoms with E-state index in [2.05, 4.69) is 70.0 Å². The third-order valence-electron chi connectivity index (χ3n) is 5.15. The van der Waals surface area contributed by atoms with Gasteiger partial charge in [0.25, 0.3) is 0 Å². The van der Waals surface area contributed by atoms with Gasteiger partial charge in [-0.3, -0.25) is 0 Å². The molecule has 1 aromatic carbocycles. The van der Waals surface area contributed by atoms with Gasteiger partial charge in [-0.1, -0.05) is 32.9 Å². The molecule has 118 valence electrons. The Labute approximate surface area is 131 Å². The largest absolute Gasteiger partial charge is 0.415 e. The average Bonchev–Trinajstić information content (AvgIpc) is 2.83. The van der Waals surface area contributed by atoms with E-state index in [0.29, 0.717) is 11.1 Å². The van der Waals surface area contributed by atoms with Gasteiger partial charge in [-0.15, -0.1) is 0 Å². The highest BCUT2D eigenvalue weighted by molar-refractivity contribution is 6.74. The highest BCUT2D eigenvalue weighted by atomic mass is 28.4. The standard InChI is InChI=1S/C18H31NOSi/c1-15-9-7-10-16(13-15)19-12-8-11-17(19)14-20-21(5,6)18(2,3)4/h7,9-10,13,17H,8,11-12,14H2,1-6H3/t17-/m0/s1. The zero-order chi connectivity index (χ0) is 15.7. The van der Waals surface area contributed by atoms with Gasteiger partial charge in [0.1, 0.15) is 0 Å². The molecule has 1 aliphatic rings. The van der Waals surface area contributed by atoms with Gasteiger partial charge in [0.05, 0.1) is 12.6 Å². The van der Waals surface area contributed by atoms with Crippen molar-refractivity contribution >= 4 is 14.0 Å². The van der Waals surface area contributed by atoms with Crippen molar-refractivity contribution < 1.29 is 4.43 Å². The summed E-state index contributed by atoms with van der Waals surface area (Å²) in [4.78, 5) is 2.54. The van der Waals surface area contributed by atoms with Gasteiger partial charge in [0.2, 0.25) is 0 Å². The number of rotatable bonds is 4. The molecule has 2 nitrogen and oxygen atoms in total. The van der Waals surface area contributed by atoms with Gasteiger partial charge in [0.15, 0.2) is 8.32 Å². The molecule has 1 atom stereocenters. The van der Waals surface area contributed by atoms with E-state index in [1.54, 1.807) is 0 Å². The Hall–Kier alpha value is -0.803. The van der Waals surface area contributed by atoms with E-state index in [1.165, 1.54) is 24.1 Å². The van der Waals surface area contributed by atoms with Crippen LogP contribution in [0.2, 0.25) is 18.1 Å².